The predicted octanol–water partition coefficient (Wildman–Crippen LogP) is 2.18. The van der Waals surface area contributed by atoms with Gasteiger partial charge in [0.1, 0.15) is 5.82 Å². The van der Waals surface area contributed by atoms with E-state index in [1.165, 1.54) is 0 Å². The maximum absolute atomic E-state index is 12.2. The Morgan fingerprint density at radius 2 is 1.89 bits per heavy atom. The van der Waals surface area contributed by atoms with Crippen LogP contribution in [0.25, 0.3) is 0 Å². The van der Waals surface area contributed by atoms with Crippen LogP contribution >= 0.6 is 0 Å². The summed E-state index contributed by atoms with van der Waals surface area (Å²) < 4.78 is 0. The number of benzene rings is 1. The number of carbonyl (C=O) groups excluding carboxylic acids is 1. The minimum atomic E-state index is -0.179. The van der Waals surface area contributed by atoms with Gasteiger partial charge in [0.25, 0.3) is 5.91 Å². The van der Waals surface area contributed by atoms with Crippen LogP contribution in [0.4, 0.5) is 11.5 Å². The van der Waals surface area contributed by atoms with Crippen molar-refractivity contribution in [2.24, 2.45) is 0 Å². The molecule has 1 aromatic heterocycles. The Kier molecular flexibility index (Phi) is 4.07. The van der Waals surface area contributed by atoms with Gasteiger partial charge < -0.3 is 10.2 Å². The highest BCUT2D eigenvalue weighted by molar-refractivity contribution is 6.04. The van der Waals surface area contributed by atoms with Gasteiger partial charge in [-0.25, -0.2) is 0 Å². The van der Waals surface area contributed by atoms with Crippen molar-refractivity contribution in [3.05, 3.63) is 48.2 Å². The van der Waals surface area contributed by atoms with Gasteiger partial charge in [0.15, 0.2) is 5.69 Å². The van der Waals surface area contributed by atoms with E-state index in [0.29, 0.717) is 11.5 Å². The van der Waals surface area contributed by atoms with E-state index < -0.39 is 0 Å². The Hall–Kier alpha value is -2.43. The smallest absolute Gasteiger partial charge is 0.278 e. The van der Waals surface area contributed by atoms with Crippen LogP contribution in [-0.4, -0.2) is 29.7 Å². The zero-order valence-corrected chi connectivity index (χ0v) is 11.0. The van der Waals surface area contributed by atoms with Gasteiger partial charge in [-0.3, -0.25) is 4.79 Å². The number of rotatable bonds is 4. The molecule has 5 heteroatoms. The first-order valence-electron chi connectivity index (χ1n) is 6.13. The normalized spacial score (nSPS) is 10.0. The molecular formula is C14H16N4O. The van der Waals surface area contributed by atoms with Gasteiger partial charge in [-0.15, -0.1) is 10.2 Å². The van der Waals surface area contributed by atoms with Crippen molar-refractivity contribution in [2.75, 3.05) is 23.8 Å². The lowest BCUT2D eigenvalue weighted by atomic mass is 10.2. The monoisotopic (exact) mass is 256 g/mol. The Morgan fingerprint density at radius 1 is 1.16 bits per heavy atom. The number of anilines is 2. The Bertz CT molecular complexity index is 539. The Labute approximate surface area is 112 Å². The molecule has 1 heterocycles. The maximum Gasteiger partial charge on any atom is 0.278 e. The molecule has 0 saturated carbocycles. The van der Waals surface area contributed by atoms with Gasteiger partial charge in [-0.1, -0.05) is 18.2 Å². The molecule has 98 valence electrons. The second-order valence-corrected chi connectivity index (χ2v) is 4.03. The lowest BCUT2D eigenvalue weighted by Gasteiger charge is -2.16. The van der Waals surface area contributed by atoms with E-state index in [2.05, 4.69) is 15.5 Å². The molecule has 0 aliphatic rings. The fourth-order valence-corrected chi connectivity index (χ4v) is 1.66. The number of hydrogen-bond donors (Lipinski definition) is 1. The maximum atomic E-state index is 12.2. The molecule has 5 nitrogen and oxygen atoms in total. The first-order valence-corrected chi connectivity index (χ1v) is 6.13. The molecule has 0 saturated heterocycles. The molecule has 0 bridgehead atoms. The van der Waals surface area contributed by atoms with E-state index in [1.807, 2.05) is 37.3 Å². The first-order chi connectivity index (χ1) is 9.22. The summed E-state index contributed by atoms with van der Waals surface area (Å²) in [6, 6.07) is 12.9. The lowest BCUT2D eigenvalue weighted by Crippen LogP contribution is -2.27. The molecule has 0 aliphatic carbocycles. The minimum absolute atomic E-state index is 0.179. The van der Waals surface area contributed by atoms with E-state index in [-0.39, 0.29) is 5.91 Å². The summed E-state index contributed by atoms with van der Waals surface area (Å²) in [5, 5.41) is 10.9. The molecule has 0 spiro atoms. The summed E-state index contributed by atoms with van der Waals surface area (Å²) in [4.78, 5) is 13.8. The average Bonchev–Trinajstić information content (AvgIpc) is 2.48. The molecule has 0 aliphatic heterocycles. The fraction of sp³-hybridized carbons (Fsp3) is 0.214. The fourth-order valence-electron chi connectivity index (χ4n) is 1.66. The van der Waals surface area contributed by atoms with Crippen LogP contribution in [0.3, 0.4) is 0 Å². The van der Waals surface area contributed by atoms with Crippen LogP contribution in [0, 0.1) is 0 Å². The largest absolute Gasteiger partial charge is 0.369 e. The second-order valence-electron chi connectivity index (χ2n) is 4.03. The van der Waals surface area contributed by atoms with Crippen LogP contribution in [0.5, 0.6) is 0 Å². The van der Waals surface area contributed by atoms with E-state index in [1.54, 1.807) is 24.1 Å². The first kappa shape index (κ1) is 13.0. The van der Waals surface area contributed by atoms with Crippen LogP contribution in [0.15, 0.2) is 42.5 Å². The zero-order chi connectivity index (χ0) is 13.7. The quantitative estimate of drug-likeness (QED) is 0.911. The predicted molar refractivity (Wildman–Crippen MR) is 75.4 cm³/mol. The number of hydrogen-bond acceptors (Lipinski definition) is 4. The highest BCUT2D eigenvalue weighted by Crippen LogP contribution is 2.14. The summed E-state index contributed by atoms with van der Waals surface area (Å²) in [5.74, 6) is 0.489. The lowest BCUT2D eigenvalue weighted by molar-refractivity contribution is 0.0987. The van der Waals surface area contributed by atoms with E-state index >= 15 is 0 Å². The van der Waals surface area contributed by atoms with Gasteiger partial charge in [0, 0.05) is 19.3 Å². The van der Waals surface area contributed by atoms with Crippen molar-refractivity contribution in [1.82, 2.24) is 10.2 Å². The highest BCUT2D eigenvalue weighted by Gasteiger charge is 2.14. The van der Waals surface area contributed by atoms with Gasteiger partial charge in [0.05, 0.1) is 0 Å². The van der Waals surface area contributed by atoms with Gasteiger partial charge >= 0.3 is 0 Å². The Balaban J connectivity index is 2.15. The number of aromatic nitrogens is 2. The van der Waals surface area contributed by atoms with E-state index in [0.717, 1.165) is 12.2 Å². The van der Waals surface area contributed by atoms with Crippen molar-refractivity contribution < 1.29 is 4.79 Å². The third-order valence-electron chi connectivity index (χ3n) is 2.69. The van der Waals surface area contributed by atoms with Crippen molar-refractivity contribution in [1.29, 1.82) is 0 Å². The molecule has 2 aromatic rings. The van der Waals surface area contributed by atoms with Gasteiger partial charge in [0.2, 0.25) is 0 Å². The van der Waals surface area contributed by atoms with Gasteiger partial charge in [-0.2, -0.15) is 0 Å². The summed E-state index contributed by atoms with van der Waals surface area (Å²) in [7, 11) is 1.72. The van der Waals surface area contributed by atoms with E-state index in [9.17, 15) is 4.79 Å². The molecule has 2 rings (SSSR count). The van der Waals surface area contributed by atoms with Crippen molar-refractivity contribution >= 4 is 17.4 Å². The highest BCUT2D eigenvalue weighted by atomic mass is 16.2. The third-order valence-corrected chi connectivity index (χ3v) is 2.69. The van der Waals surface area contributed by atoms with Crippen molar-refractivity contribution in [2.45, 2.75) is 6.92 Å². The molecule has 1 N–H and O–H groups in total. The Morgan fingerprint density at radius 3 is 2.47 bits per heavy atom. The number of nitrogens with zero attached hydrogens (tertiary/aromatic N) is 3. The summed E-state index contributed by atoms with van der Waals surface area (Å²) in [6.07, 6.45) is 0. The summed E-state index contributed by atoms with van der Waals surface area (Å²) in [6.45, 7) is 2.75. The summed E-state index contributed by atoms with van der Waals surface area (Å²) in [5.41, 5.74) is 1.15. The molecule has 0 atom stereocenters. The van der Waals surface area contributed by atoms with Crippen LogP contribution in [-0.2, 0) is 0 Å². The van der Waals surface area contributed by atoms with Crippen molar-refractivity contribution in [3.8, 4) is 0 Å². The number of carbonyl (C=O) groups is 1. The standard InChI is InChI=1S/C14H16N4O/c1-3-15-13-10-9-12(16-17-13)14(19)18(2)11-7-5-4-6-8-11/h4-10H,3H2,1-2H3,(H,15,17). The molecule has 19 heavy (non-hydrogen) atoms. The van der Waals surface area contributed by atoms with Gasteiger partial charge in [-0.05, 0) is 31.2 Å². The van der Waals surface area contributed by atoms with Crippen LogP contribution < -0.4 is 10.2 Å². The summed E-state index contributed by atoms with van der Waals surface area (Å²) >= 11 is 0. The van der Waals surface area contributed by atoms with Crippen LogP contribution in [0.1, 0.15) is 17.4 Å². The number of para-hydroxylation sites is 1. The SMILES string of the molecule is CCNc1ccc(C(=O)N(C)c2ccccc2)nn1. The van der Waals surface area contributed by atoms with Crippen molar-refractivity contribution in [3.63, 3.8) is 0 Å². The molecule has 1 amide bonds. The molecular weight excluding hydrogens is 240 g/mol. The third kappa shape index (κ3) is 3.07. The molecule has 0 fully saturated rings. The molecule has 1 aromatic carbocycles. The number of amides is 1. The van der Waals surface area contributed by atoms with Crippen LogP contribution in [0.2, 0.25) is 0 Å². The second kappa shape index (κ2) is 5.95. The minimum Gasteiger partial charge on any atom is -0.369 e. The average molecular weight is 256 g/mol. The molecule has 0 unspecified atom stereocenters. The van der Waals surface area contributed by atoms with E-state index in [4.69, 9.17) is 0 Å². The zero-order valence-electron chi connectivity index (χ0n) is 11.0. The molecule has 0 radical (unpaired) electrons. The number of nitrogens with one attached hydrogen (secondary N) is 1. The topological polar surface area (TPSA) is 58.1 Å².